The smallest absolute Gasteiger partial charge is 0.254 e. The van der Waals surface area contributed by atoms with E-state index in [0.717, 1.165) is 13.1 Å². The lowest BCUT2D eigenvalue weighted by Crippen LogP contribution is -2.64. The summed E-state index contributed by atoms with van der Waals surface area (Å²) in [4.78, 5) is 2.08. The first kappa shape index (κ1) is 14.8. The van der Waals surface area contributed by atoms with Crippen molar-refractivity contribution in [2.24, 2.45) is 17.8 Å². The minimum atomic E-state index is -2.63. The van der Waals surface area contributed by atoms with Crippen LogP contribution in [0, 0.1) is 17.8 Å². The van der Waals surface area contributed by atoms with Gasteiger partial charge in [-0.25, -0.2) is 8.78 Å². The van der Waals surface area contributed by atoms with Crippen molar-refractivity contribution in [1.82, 2.24) is 4.90 Å². The van der Waals surface area contributed by atoms with E-state index in [1.54, 1.807) is 15.7 Å². The second-order valence-electron chi connectivity index (χ2n) is 7.42. The molecular weight excluding hydrogens is 258 g/mol. The third-order valence-electron chi connectivity index (χ3n) is 6.07. The molecule has 0 N–H and O–H groups in total. The zero-order chi connectivity index (χ0) is 14.4. The molecule has 0 spiro atoms. The Morgan fingerprint density at radius 2 is 1.50 bits per heavy atom. The van der Waals surface area contributed by atoms with Crippen molar-refractivity contribution in [2.45, 2.75) is 43.4 Å². The third-order valence-corrected chi connectivity index (χ3v) is 6.07. The molecule has 3 fully saturated rings. The van der Waals surface area contributed by atoms with E-state index in [4.69, 9.17) is 4.74 Å². The molecule has 0 amide bonds. The molecule has 0 bridgehead atoms. The molecule has 3 aliphatic rings. The van der Waals surface area contributed by atoms with Gasteiger partial charge in [0.15, 0.2) is 0 Å². The third kappa shape index (κ3) is 2.33. The first-order valence-corrected chi connectivity index (χ1v) is 8.13. The van der Waals surface area contributed by atoms with Crippen molar-refractivity contribution in [3.05, 3.63) is 0 Å². The molecule has 0 aromatic rings. The average molecular weight is 283 g/mol. The molecule has 0 aromatic carbocycles. The molecule has 1 saturated carbocycles. The van der Waals surface area contributed by atoms with E-state index in [0.29, 0.717) is 37.9 Å². The molecule has 2 unspecified atom stereocenters. The van der Waals surface area contributed by atoms with Crippen LogP contribution < -0.4 is 0 Å². The Bertz CT molecular complexity index is 349. The number of likely N-dealkylation sites (tertiary alicyclic amines) is 1. The van der Waals surface area contributed by atoms with Crippen molar-refractivity contribution in [2.75, 3.05) is 26.3 Å². The van der Waals surface area contributed by atoms with E-state index in [1.807, 2.05) is 0 Å². The van der Waals surface area contributed by atoms with Crippen molar-refractivity contribution in [3.63, 3.8) is 0 Å². The van der Waals surface area contributed by atoms with Gasteiger partial charge in [0.1, 0.15) is 15.7 Å². The molecule has 20 heavy (non-hydrogen) atoms. The van der Waals surface area contributed by atoms with Crippen LogP contribution in [0.4, 0.5) is 8.78 Å². The number of nitrogens with zero attached hydrogens (tertiary/aromatic N) is 1. The maximum absolute atomic E-state index is 15.0. The molecule has 1 aliphatic carbocycles. The van der Waals surface area contributed by atoms with Crippen LogP contribution in [-0.2, 0) is 4.74 Å². The van der Waals surface area contributed by atoms with Crippen molar-refractivity contribution in [3.8, 4) is 0 Å². The van der Waals surface area contributed by atoms with Crippen LogP contribution in [0.15, 0.2) is 0 Å². The van der Waals surface area contributed by atoms with Gasteiger partial charge in [-0.05, 0) is 37.5 Å². The topological polar surface area (TPSA) is 12.5 Å². The van der Waals surface area contributed by atoms with Gasteiger partial charge in [-0.1, -0.05) is 6.42 Å². The predicted molar refractivity (Wildman–Crippen MR) is 80.7 cm³/mol. The highest BCUT2D eigenvalue weighted by Gasteiger charge is 2.56. The molecule has 2 nitrogen and oxygen atoms in total. The molecule has 2 saturated heterocycles. The average Bonchev–Trinajstić information content (AvgIpc) is 3.00. The first-order valence-electron chi connectivity index (χ1n) is 8.13. The Labute approximate surface area is 122 Å². The van der Waals surface area contributed by atoms with Crippen molar-refractivity contribution < 1.29 is 13.5 Å². The Kier molecular flexibility index (Phi) is 3.91. The van der Waals surface area contributed by atoms with Gasteiger partial charge in [0.2, 0.25) is 0 Å². The van der Waals surface area contributed by atoms with Gasteiger partial charge in [0.25, 0.3) is 5.92 Å². The fraction of sp³-hybridized carbons (Fsp3) is 1.00. The summed E-state index contributed by atoms with van der Waals surface area (Å²) in [6, 6.07) is 0. The van der Waals surface area contributed by atoms with Gasteiger partial charge in [0, 0.05) is 37.6 Å². The maximum Gasteiger partial charge on any atom is 0.254 e. The zero-order valence-corrected chi connectivity index (χ0v) is 12.7. The Hall–Kier alpha value is -0.0901. The summed E-state index contributed by atoms with van der Waals surface area (Å²) in [7, 11) is 3.51. The summed E-state index contributed by atoms with van der Waals surface area (Å²) in [5.74, 6) is -1.82. The molecule has 6 heteroatoms. The van der Waals surface area contributed by atoms with Crippen LogP contribution in [-0.4, -0.2) is 58.2 Å². The van der Waals surface area contributed by atoms with Gasteiger partial charge in [-0.2, -0.15) is 0 Å². The largest absolute Gasteiger partial charge is 0.381 e. The number of hydrogen-bond donors (Lipinski definition) is 0. The zero-order valence-electron chi connectivity index (χ0n) is 12.7. The van der Waals surface area contributed by atoms with E-state index in [9.17, 15) is 0 Å². The van der Waals surface area contributed by atoms with Crippen LogP contribution in [0.5, 0.6) is 0 Å². The van der Waals surface area contributed by atoms with E-state index < -0.39 is 17.2 Å². The second-order valence-corrected chi connectivity index (χ2v) is 7.42. The number of alkyl halides is 2. The Balaban J connectivity index is 1.72. The number of halogens is 2. The fourth-order valence-electron chi connectivity index (χ4n) is 4.46. The number of hydrogen-bond acceptors (Lipinski definition) is 2. The normalized spacial score (nSPS) is 33.5. The first-order chi connectivity index (χ1) is 9.43. The molecule has 2 atom stereocenters. The van der Waals surface area contributed by atoms with Crippen LogP contribution in [0.2, 0.25) is 0 Å². The summed E-state index contributed by atoms with van der Waals surface area (Å²) in [5.41, 5.74) is 0. The van der Waals surface area contributed by atoms with Crippen LogP contribution >= 0.6 is 0 Å². The van der Waals surface area contributed by atoms with Crippen LogP contribution in [0.1, 0.15) is 32.1 Å². The van der Waals surface area contributed by atoms with Gasteiger partial charge in [-0.3, -0.25) is 0 Å². The predicted octanol–water partition coefficient (Wildman–Crippen LogP) is 0.700. The monoisotopic (exact) mass is 283 g/mol. The van der Waals surface area contributed by atoms with Gasteiger partial charge >= 0.3 is 0 Å². The molecule has 0 aromatic heterocycles. The number of rotatable bonds is 3. The van der Waals surface area contributed by atoms with Crippen molar-refractivity contribution in [1.29, 1.82) is 0 Å². The molecule has 2 aliphatic heterocycles. The SMILES string of the molecule is BC(B)(N1CC2CCCC2C1)C(F)(F)C1CCOCC1. The van der Waals surface area contributed by atoms with E-state index >= 15 is 8.78 Å². The fourth-order valence-corrected chi connectivity index (χ4v) is 4.46. The molecule has 3 rings (SSSR count). The van der Waals surface area contributed by atoms with E-state index in [2.05, 4.69) is 4.90 Å². The van der Waals surface area contributed by atoms with Gasteiger partial charge < -0.3 is 9.64 Å². The molecule has 0 radical (unpaired) electrons. The highest BCUT2D eigenvalue weighted by atomic mass is 19.3. The second kappa shape index (κ2) is 5.27. The summed E-state index contributed by atoms with van der Waals surface area (Å²) in [6.45, 7) is 2.72. The van der Waals surface area contributed by atoms with Crippen molar-refractivity contribution >= 4 is 15.7 Å². The summed E-state index contributed by atoms with van der Waals surface area (Å²) < 4.78 is 35.3. The lowest BCUT2D eigenvalue weighted by molar-refractivity contribution is -0.136. The van der Waals surface area contributed by atoms with Gasteiger partial charge in [0.05, 0.1) is 0 Å². The van der Waals surface area contributed by atoms with E-state index in [-0.39, 0.29) is 0 Å². The maximum atomic E-state index is 15.0. The van der Waals surface area contributed by atoms with Gasteiger partial charge in [-0.15, -0.1) is 0 Å². The molecule has 2 heterocycles. The Morgan fingerprint density at radius 3 is 2.05 bits per heavy atom. The lowest BCUT2D eigenvalue weighted by Gasteiger charge is -2.47. The quantitative estimate of drug-likeness (QED) is 0.707. The van der Waals surface area contributed by atoms with E-state index in [1.165, 1.54) is 19.3 Å². The Morgan fingerprint density at radius 1 is 0.950 bits per heavy atom. The molecule has 112 valence electrons. The highest BCUT2D eigenvalue weighted by molar-refractivity contribution is 6.40. The lowest BCUT2D eigenvalue weighted by atomic mass is 9.54. The minimum Gasteiger partial charge on any atom is -0.381 e. The standard InChI is InChI=1S/C14H25B2F2NO/c15-14(16,13(17,18)12-4-6-20-7-5-12)19-8-10-2-1-3-11(10)9-19/h10-12H,1-9,15-16H2. The molecular formula is C14H25B2F2NO. The summed E-state index contributed by atoms with van der Waals surface area (Å²) in [5, 5.41) is -1.03. The highest BCUT2D eigenvalue weighted by Crippen LogP contribution is 2.46. The van der Waals surface area contributed by atoms with Crippen LogP contribution in [0.25, 0.3) is 0 Å². The summed E-state index contributed by atoms with van der Waals surface area (Å²) >= 11 is 0. The summed E-state index contributed by atoms with van der Waals surface area (Å²) in [6.07, 6.45) is 4.76. The van der Waals surface area contributed by atoms with Crippen LogP contribution in [0.3, 0.4) is 0 Å². The number of fused-ring (bicyclic) bond motifs is 1. The minimum absolute atomic E-state index is 0.488. The number of ether oxygens (including phenoxy) is 1.